The van der Waals surface area contributed by atoms with E-state index in [2.05, 4.69) is 10.6 Å². The SMILES string of the molecule is CSC[C@H](Nc1c([N+](=O)[O-])cccc1[N+](=O)[O-])C(=O)NC(C)(C)C. The van der Waals surface area contributed by atoms with Crippen LogP contribution in [0.3, 0.4) is 0 Å². The molecule has 2 N–H and O–H groups in total. The maximum absolute atomic E-state index is 12.4. The lowest BCUT2D eigenvalue weighted by atomic mass is 10.1. The van der Waals surface area contributed by atoms with E-state index in [1.165, 1.54) is 17.8 Å². The zero-order chi connectivity index (χ0) is 18.5. The second-order valence-electron chi connectivity index (χ2n) is 6.08. The zero-order valence-corrected chi connectivity index (χ0v) is 14.7. The van der Waals surface area contributed by atoms with Crippen molar-refractivity contribution in [3.8, 4) is 0 Å². The van der Waals surface area contributed by atoms with Crippen molar-refractivity contribution in [2.45, 2.75) is 32.4 Å². The van der Waals surface area contributed by atoms with Crippen molar-refractivity contribution in [2.75, 3.05) is 17.3 Å². The Hall–Kier alpha value is -2.36. The van der Waals surface area contributed by atoms with E-state index < -0.39 is 32.8 Å². The normalized spacial score (nSPS) is 12.3. The number of thioether (sulfide) groups is 1. The molecule has 10 heteroatoms. The summed E-state index contributed by atoms with van der Waals surface area (Å²) in [7, 11) is 0. The smallest absolute Gasteiger partial charge is 0.299 e. The van der Waals surface area contributed by atoms with Crippen molar-refractivity contribution in [3.05, 3.63) is 38.4 Å². The molecule has 1 aromatic carbocycles. The van der Waals surface area contributed by atoms with Crippen LogP contribution in [0.15, 0.2) is 18.2 Å². The summed E-state index contributed by atoms with van der Waals surface area (Å²) in [6.45, 7) is 5.40. The highest BCUT2D eigenvalue weighted by molar-refractivity contribution is 7.98. The number of carbonyl (C=O) groups is 1. The van der Waals surface area contributed by atoms with Crippen LogP contribution >= 0.6 is 11.8 Å². The molecule has 0 radical (unpaired) electrons. The fourth-order valence-electron chi connectivity index (χ4n) is 1.96. The third-order valence-electron chi connectivity index (χ3n) is 2.88. The van der Waals surface area contributed by atoms with E-state index in [-0.39, 0.29) is 11.6 Å². The second-order valence-corrected chi connectivity index (χ2v) is 6.99. The Morgan fingerprint density at radius 2 is 1.71 bits per heavy atom. The molecule has 0 bridgehead atoms. The van der Waals surface area contributed by atoms with Gasteiger partial charge in [0.25, 0.3) is 11.4 Å². The van der Waals surface area contributed by atoms with E-state index in [9.17, 15) is 25.0 Å². The molecule has 24 heavy (non-hydrogen) atoms. The van der Waals surface area contributed by atoms with E-state index in [1.807, 2.05) is 0 Å². The fourth-order valence-corrected chi connectivity index (χ4v) is 2.53. The van der Waals surface area contributed by atoms with Gasteiger partial charge in [-0.25, -0.2) is 0 Å². The van der Waals surface area contributed by atoms with Gasteiger partial charge in [-0.2, -0.15) is 11.8 Å². The molecule has 0 heterocycles. The first-order valence-electron chi connectivity index (χ1n) is 7.06. The molecule has 0 unspecified atom stereocenters. The van der Waals surface area contributed by atoms with E-state index in [1.54, 1.807) is 27.0 Å². The summed E-state index contributed by atoms with van der Waals surface area (Å²) in [6, 6.07) is 2.71. The number of carbonyl (C=O) groups excluding carboxylic acids is 1. The molecule has 132 valence electrons. The lowest BCUT2D eigenvalue weighted by Crippen LogP contribution is -2.49. The van der Waals surface area contributed by atoms with Crippen LogP contribution in [0, 0.1) is 20.2 Å². The van der Waals surface area contributed by atoms with Crippen molar-refractivity contribution in [2.24, 2.45) is 0 Å². The topological polar surface area (TPSA) is 127 Å². The minimum Gasteiger partial charge on any atom is -0.362 e. The highest BCUT2D eigenvalue weighted by atomic mass is 32.2. The van der Waals surface area contributed by atoms with E-state index in [4.69, 9.17) is 0 Å². The number of nitro groups is 2. The van der Waals surface area contributed by atoms with Crippen LogP contribution in [-0.4, -0.2) is 39.3 Å². The van der Waals surface area contributed by atoms with Crippen LogP contribution in [0.5, 0.6) is 0 Å². The summed E-state index contributed by atoms with van der Waals surface area (Å²) in [4.78, 5) is 33.3. The number of hydrogen-bond donors (Lipinski definition) is 2. The first-order valence-corrected chi connectivity index (χ1v) is 8.45. The Bertz CT molecular complexity index is 612. The van der Waals surface area contributed by atoms with Crippen LogP contribution in [0.4, 0.5) is 17.1 Å². The summed E-state index contributed by atoms with van der Waals surface area (Å²) in [5.41, 5.74) is -1.66. The van der Waals surface area contributed by atoms with Gasteiger partial charge in [-0.1, -0.05) is 0 Å². The summed E-state index contributed by atoms with van der Waals surface area (Å²) < 4.78 is 0. The van der Waals surface area contributed by atoms with Gasteiger partial charge in [0.15, 0.2) is 5.69 Å². The predicted molar refractivity (Wildman–Crippen MR) is 93.4 cm³/mol. The molecular weight excluding hydrogens is 336 g/mol. The van der Waals surface area contributed by atoms with Gasteiger partial charge >= 0.3 is 0 Å². The van der Waals surface area contributed by atoms with Crippen molar-refractivity contribution < 1.29 is 14.6 Å². The molecule has 0 aliphatic heterocycles. The lowest BCUT2D eigenvalue weighted by Gasteiger charge is -2.25. The molecule has 0 saturated heterocycles. The Kier molecular flexibility index (Phi) is 6.52. The molecular formula is C14H20N4O5S. The molecule has 0 spiro atoms. The number of nitrogens with one attached hydrogen (secondary N) is 2. The Balaban J connectivity index is 3.25. The van der Waals surface area contributed by atoms with Gasteiger partial charge in [-0.05, 0) is 33.1 Å². The number of nitrogens with zero attached hydrogens (tertiary/aromatic N) is 2. The zero-order valence-electron chi connectivity index (χ0n) is 13.9. The van der Waals surface area contributed by atoms with Gasteiger partial charge < -0.3 is 10.6 Å². The fraction of sp³-hybridized carbons (Fsp3) is 0.500. The maximum atomic E-state index is 12.4. The molecule has 1 rings (SSSR count). The number of anilines is 1. The number of rotatable bonds is 7. The lowest BCUT2D eigenvalue weighted by molar-refractivity contribution is -0.392. The largest absolute Gasteiger partial charge is 0.362 e. The summed E-state index contributed by atoms with van der Waals surface area (Å²) in [5, 5.41) is 27.8. The first kappa shape index (κ1) is 19.7. The molecule has 0 aromatic heterocycles. The van der Waals surface area contributed by atoms with Crippen molar-refractivity contribution >= 4 is 34.7 Å². The minimum atomic E-state index is -0.848. The molecule has 0 aliphatic carbocycles. The number of nitro benzene ring substituents is 2. The van der Waals surface area contributed by atoms with Crippen LogP contribution < -0.4 is 10.6 Å². The van der Waals surface area contributed by atoms with Crippen molar-refractivity contribution in [3.63, 3.8) is 0 Å². The van der Waals surface area contributed by atoms with Gasteiger partial charge in [-0.15, -0.1) is 0 Å². The van der Waals surface area contributed by atoms with Crippen LogP contribution in [-0.2, 0) is 4.79 Å². The van der Waals surface area contributed by atoms with Gasteiger partial charge in [0.05, 0.1) is 9.85 Å². The van der Waals surface area contributed by atoms with Crippen LogP contribution in [0.2, 0.25) is 0 Å². The summed E-state index contributed by atoms with van der Waals surface area (Å²) >= 11 is 1.35. The summed E-state index contributed by atoms with van der Waals surface area (Å²) in [6.07, 6.45) is 1.77. The van der Waals surface area contributed by atoms with Gasteiger partial charge in [0.2, 0.25) is 5.91 Å². The molecule has 0 fully saturated rings. The molecule has 1 aromatic rings. The van der Waals surface area contributed by atoms with E-state index in [0.29, 0.717) is 5.75 Å². The number of hydrogen-bond acceptors (Lipinski definition) is 7. The van der Waals surface area contributed by atoms with Crippen LogP contribution in [0.1, 0.15) is 20.8 Å². The molecule has 0 aliphatic rings. The second kappa shape index (κ2) is 7.95. The van der Waals surface area contributed by atoms with Gasteiger partial charge in [-0.3, -0.25) is 25.0 Å². The molecule has 0 saturated carbocycles. The van der Waals surface area contributed by atoms with Gasteiger partial charge in [0.1, 0.15) is 6.04 Å². The number of para-hydroxylation sites is 1. The standard InChI is InChI=1S/C14H20N4O5S/c1-14(2,3)16-13(19)9(8-24-4)15-12-10(17(20)21)6-5-7-11(12)18(22)23/h5-7,9,15H,8H2,1-4H3,(H,16,19)/t9-/m0/s1. The average molecular weight is 356 g/mol. The number of amides is 1. The Morgan fingerprint density at radius 3 is 2.08 bits per heavy atom. The first-order chi connectivity index (χ1) is 11.1. The maximum Gasteiger partial charge on any atom is 0.299 e. The third-order valence-corrected chi connectivity index (χ3v) is 3.55. The van der Waals surface area contributed by atoms with Crippen molar-refractivity contribution in [1.29, 1.82) is 0 Å². The average Bonchev–Trinajstić information content (AvgIpc) is 2.44. The quantitative estimate of drug-likeness (QED) is 0.567. The Morgan fingerprint density at radius 1 is 1.21 bits per heavy atom. The third kappa shape index (κ3) is 5.37. The van der Waals surface area contributed by atoms with Crippen LogP contribution in [0.25, 0.3) is 0 Å². The highest BCUT2D eigenvalue weighted by Crippen LogP contribution is 2.34. The minimum absolute atomic E-state index is 0.268. The van der Waals surface area contributed by atoms with E-state index in [0.717, 1.165) is 12.1 Å². The highest BCUT2D eigenvalue weighted by Gasteiger charge is 2.30. The Labute approximate surface area is 143 Å². The monoisotopic (exact) mass is 356 g/mol. The summed E-state index contributed by atoms with van der Waals surface area (Å²) in [5.74, 6) is -0.0882. The molecule has 9 nitrogen and oxygen atoms in total. The number of benzene rings is 1. The molecule has 1 atom stereocenters. The molecule has 1 amide bonds. The van der Waals surface area contributed by atoms with Crippen molar-refractivity contribution in [1.82, 2.24) is 5.32 Å². The van der Waals surface area contributed by atoms with Gasteiger partial charge in [0, 0.05) is 23.4 Å². The van der Waals surface area contributed by atoms with E-state index >= 15 is 0 Å². The predicted octanol–water partition coefficient (Wildman–Crippen LogP) is 2.56.